The van der Waals surface area contributed by atoms with E-state index < -0.39 is 6.67 Å². The van der Waals surface area contributed by atoms with Gasteiger partial charge in [0.25, 0.3) is 0 Å². The number of alkyl halides is 1. The molecule has 0 aliphatic heterocycles. The van der Waals surface area contributed by atoms with Gasteiger partial charge < -0.3 is 10.1 Å². The number of benzene rings is 1. The fraction of sp³-hybridized carbons (Fsp3) is 0.364. The quantitative estimate of drug-likeness (QED) is 0.775. The van der Waals surface area contributed by atoms with E-state index in [2.05, 4.69) is 10.1 Å². The number of ether oxygens (including phenoxy) is 1. The van der Waals surface area contributed by atoms with Crippen molar-refractivity contribution in [1.82, 2.24) is 0 Å². The minimum absolute atomic E-state index is 0.242. The number of carbonyl (C=O) groups excluding carboxylic acids is 1. The van der Waals surface area contributed by atoms with Gasteiger partial charge in [0.1, 0.15) is 6.67 Å². The zero-order chi connectivity index (χ0) is 11.3. The summed E-state index contributed by atoms with van der Waals surface area (Å²) in [5, 5.41) is 2.90. The third-order valence-electron chi connectivity index (χ3n) is 2.15. The van der Waals surface area contributed by atoms with E-state index in [9.17, 15) is 9.18 Å². The highest BCUT2D eigenvalue weighted by Crippen LogP contribution is 2.19. The number of carbonyl (C=O) groups is 1. The van der Waals surface area contributed by atoms with Crippen LogP contribution in [0.2, 0.25) is 0 Å². The van der Waals surface area contributed by atoms with Crippen LogP contribution >= 0.6 is 0 Å². The topological polar surface area (TPSA) is 38.3 Å². The molecule has 0 spiro atoms. The zero-order valence-corrected chi connectivity index (χ0v) is 8.84. The SMILES string of the molecule is COC(=O)c1cccc(NCCF)c1C. The monoisotopic (exact) mass is 211 g/mol. The van der Waals surface area contributed by atoms with E-state index in [1.807, 2.05) is 0 Å². The molecular formula is C11H14FNO2. The van der Waals surface area contributed by atoms with Crippen molar-refractivity contribution >= 4 is 11.7 Å². The average molecular weight is 211 g/mol. The van der Waals surface area contributed by atoms with E-state index in [-0.39, 0.29) is 12.5 Å². The molecule has 3 nitrogen and oxygen atoms in total. The number of anilines is 1. The van der Waals surface area contributed by atoms with E-state index in [4.69, 9.17) is 0 Å². The van der Waals surface area contributed by atoms with Crippen LogP contribution in [-0.2, 0) is 4.74 Å². The Hall–Kier alpha value is -1.58. The molecule has 1 aromatic carbocycles. The molecule has 0 saturated carbocycles. The molecule has 1 N–H and O–H groups in total. The van der Waals surface area contributed by atoms with E-state index in [1.165, 1.54) is 7.11 Å². The Labute approximate surface area is 88.2 Å². The molecule has 4 heteroatoms. The van der Waals surface area contributed by atoms with Crippen LogP contribution in [0, 0.1) is 6.92 Å². The summed E-state index contributed by atoms with van der Waals surface area (Å²) in [5.41, 5.74) is 2.04. The molecule has 1 rings (SSSR count). The lowest BCUT2D eigenvalue weighted by atomic mass is 10.1. The van der Waals surface area contributed by atoms with Crippen molar-refractivity contribution in [3.05, 3.63) is 29.3 Å². The Morgan fingerprint density at radius 2 is 2.27 bits per heavy atom. The highest BCUT2D eigenvalue weighted by molar-refractivity contribution is 5.92. The molecule has 0 aromatic heterocycles. The lowest BCUT2D eigenvalue weighted by molar-refractivity contribution is 0.0600. The molecule has 1 aromatic rings. The second-order valence-corrected chi connectivity index (χ2v) is 3.09. The second-order valence-electron chi connectivity index (χ2n) is 3.09. The van der Waals surface area contributed by atoms with Crippen LogP contribution in [0.25, 0.3) is 0 Å². The minimum atomic E-state index is -0.443. The summed E-state index contributed by atoms with van der Waals surface area (Å²) in [6, 6.07) is 5.22. The number of hydrogen-bond acceptors (Lipinski definition) is 3. The van der Waals surface area contributed by atoms with Crippen LogP contribution in [0.3, 0.4) is 0 Å². The molecule has 82 valence electrons. The van der Waals surface area contributed by atoms with E-state index in [1.54, 1.807) is 25.1 Å². The molecule has 0 aliphatic carbocycles. The number of methoxy groups -OCH3 is 1. The van der Waals surface area contributed by atoms with Crippen molar-refractivity contribution in [3.8, 4) is 0 Å². The largest absolute Gasteiger partial charge is 0.465 e. The number of halogens is 1. The molecule has 0 unspecified atom stereocenters. The van der Waals surface area contributed by atoms with Gasteiger partial charge in [0.15, 0.2) is 0 Å². The van der Waals surface area contributed by atoms with Gasteiger partial charge in [-0.3, -0.25) is 0 Å². The molecule has 0 aliphatic rings. The standard InChI is InChI=1S/C11H14FNO2/c1-8-9(11(14)15-2)4-3-5-10(8)13-7-6-12/h3-5,13H,6-7H2,1-2H3. The van der Waals surface area contributed by atoms with Crippen molar-refractivity contribution in [2.45, 2.75) is 6.92 Å². The van der Waals surface area contributed by atoms with Crippen molar-refractivity contribution in [2.24, 2.45) is 0 Å². The normalized spacial score (nSPS) is 9.80. The summed E-state index contributed by atoms with van der Waals surface area (Å²) in [4.78, 5) is 11.3. The second kappa shape index (κ2) is 5.34. The maximum Gasteiger partial charge on any atom is 0.338 e. The van der Waals surface area contributed by atoms with Gasteiger partial charge in [-0.25, -0.2) is 9.18 Å². The Kier molecular flexibility index (Phi) is 4.09. The number of hydrogen-bond donors (Lipinski definition) is 1. The predicted octanol–water partition coefficient (Wildman–Crippen LogP) is 2.16. The van der Waals surface area contributed by atoms with Crippen molar-refractivity contribution in [1.29, 1.82) is 0 Å². The molecule has 0 heterocycles. The highest BCUT2D eigenvalue weighted by atomic mass is 19.1. The fourth-order valence-electron chi connectivity index (χ4n) is 1.34. The van der Waals surface area contributed by atoms with Gasteiger partial charge in [0.05, 0.1) is 12.7 Å². The maximum absolute atomic E-state index is 12.0. The molecule has 15 heavy (non-hydrogen) atoms. The highest BCUT2D eigenvalue weighted by Gasteiger charge is 2.10. The fourth-order valence-corrected chi connectivity index (χ4v) is 1.34. The van der Waals surface area contributed by atoms with Gasteiger partial charge in [-0.2, -0.15) is 0 Å². The van der Waals surface area contributed by atoms with E-state index in [0.29, 0.717) is 5.56 Å². The average Bonchev–Trinajstić information content (AvgIpc) is 2.27. The molecule has 0 fully saturated rings. The lowest BCUT2D eigenvalue weighted by Gasteiger charge is -2.10. The third-order valence-corrected chi connectivity index (χ3v) is 2.15. The smallest absolute Gasteiger partial charge is 0.338 e. The Bertz CT molecular complexity index is 352. The van der Waals surface area contributed by atoms with Gasteiger partial charge in [0, 0.05) is 12.2 Å². The van der Waals surface area contributed by atoms with Crippen LogP contribution in [0.4, 0.5) is 10.1 Å². The van der Waals surface area contributed by atoms with Crippen LogP contribution in [-0.4, -0.2) is 26.3 Å². The molecule has 0 atom stereocenters. The first-order chi connectivity index (χ1) is 7.20. The summed E-state index contributed by atoms with van der Waals surface area (Å²) < 4.78 is 16.6. The molecule has 0 radical (unpaired) electrons. The summed E-state index contributed by atoms with van der Waals surface area (Å²) >= 11 is 0. The van der Waals surface area contributed by atoms with Crippen LogP contribution in [0.5, 0.6) is 0 Å². The first kappa shape index (κ1) is 11.5. The van der Waals surface area contributed by atoms with Gasteiger partial charge in [-0.05, 0) is 24.6 Å². The summed E-state index contributed by atoms with van der Waals surface area (Å²) in [6.45, 7) is 1.60. The Morgan fingerprint density at radius 1 is 1.53 bits per heavy atom. The third kappa shape index (κ3) is 2.68. The Morgan fingerprint density at radius 3 is 2.87 bits per heavy atom. The molecule has 0 amide bonds. The lowest BCUT2D eigenvalue weighted by Crippen LogP contribution is -2.09. The molecular weight excluding hydrogens is 197 g/mol. The van der Waals surface area contributed by atoms with Crippen LogP contribution < -0.4 is 5.32 Å². The van der Waals surface area contributed by atoms with Crippen molar-refractivity contribution in [2.75, 3.05) is 25.6 Å². The summed E-state index contributed by atoms with van der Waals surface area (Å²) in [7, 11) is 1.34. The van der Waals surface area contributed by atoms with Gasteiger partial charge in [-0.1, -0.05) is 6.07 Å². The van der Waals surface area contributed by atoms with Crippen molar-refractivity contribution < 1.29 is 13.9 Å². The van der Waals surface area contributed by atoms with Gasteiger partial charge in [0.2, 0.25) is 0 Å². The zero-order valence-electron chi connectivity index (χ0n) is 8.84. The summed E-state index contributed by atoms with van der Waals surface area (Å²) in [6.07, 6.45) is 0. The molecule has 0 saturated heterocycles. The number of esters is 1. The maximum atomic E-state index is 12.0. The molecule has 0 bridgehead atoms. The van der Waals surface area contributed by atoms with Crippen molar-refractivity contribution in [3.63, 3.8) is 0 Å². The van der Waals surface area contributed by atoms with Crippen LogP contribution in [0.1, 0.15) is 15.9 Å². The number of nitrogens with one attached hydrogen (secondary N) is 1. The number of rotatable bonds is 4. The van der Waals surface area contributed by atoms with E-state index in [0.717, 1.165) is 11.3 Å². The van der Waals surface area contributed by atoms with Crippen LogP contribution in [0.15, 0.2) is 18.2 Å². The van der Waals surface area contributed by atoms with E-state index >= 15 is 0 Å². The minimum Gasteiger partial charge on any atom is -0.465 e. The van der Waals surface area contributed by atoms with Gasteiger partial charge >= 0.3 is 5.97 Å². The summed E-state index contributed by atoms with van der Waals surface area (Å²) in [5.74, 6) is -0.378. The predicted molar refractivity (Wildman–Crippen MR) is 57.0 cm³/mol. The first-order valence-electron chi connectivity index (χ1n) is 4.68. The van der Waals surface area contributed by atoms with Gasteiger partial charge in [-0.15, -0.1) is 0 Å². The Balaban J connectivity index is 2.95. The first-order valence-corrected chi connectivity index (χ1v) is 4.68.